The Morgan fingerprint density at radius 2 is 2.28 bits per heavy atom. The fourth-order valence-corrected chi connectivity index (χ4v) is 2.86. The van der Waals surface area contributed by atoms with Crippen molar-refractivity contribution in [1.82, 2.24) is 15.3 Å². The summed E-state index contributed by atoms with van der Waals surface area (Å²) >= 11 is 0. The summed E-state index contributed by atoms with van der Waals surface area (Å²) in [5, 5.41) is 12.7. The van der Waals surface area contributed by atoms with Crippen LogP contribution in [0.5, 0.6) is 5.75 Å². The Morgan fingerprint density at radius 1 is 1.48 bits per heavy atom. The molecule has 8 heteroatoms. The predicted molar refractivity (Wildman–Crippen MR) is 91.8 cm³/mol. The molecular weight excluding hydrogens is 324 g/mol. The number of carbonyl (C=O) groups excluding carboxylic acids is 1. The second kappa shape index (κ2) is 7.35. The van der Waals surface area contributed by atoms with Crippen molar-refractivity contribution in [3.05, 3.63) is 51.9 Å². The van der Waals surface area contributed by atoms with Crippen LogP contribution >= 0.6 is 0 Å². The second-order valence-corrected chi connectivity index (χ2v) is 5.92. The van der Waals surface area contributed by atoms with Crippen LogP contribution in [0.25, 0.3) is 0 Å². The number of hydrogen-bond donors (Lipinski definition) is 3. The number of aromatic amines is 1. The molecule has 1 amide bonds. The van der Waals surface area contributed by atoms with Gasteiger partial charge in [0.15, 0.2) is 0 Å². The number of hydrogen-bond acceptors (Lipinski definition) is 6. The summed E-state index contributed by atoms with van der Waals surface area (Å²) in [6.07, 6.45) is 0.720. The van der Waals surface area contributed by atoms with Crippen LogP contribution in [-0.2, 0) is 11.3 Å². The van der Waals surface area contributed by atoms with Crippen molar-refractivity contribution in [3.8, 4) is 5.75 Å². The molecule has 2 heterocycles. The Labute approximate surface area is 144 Å². The number of para-hydroxylation sites is 1. The van der Waals surface area contributed by atoms with E-state index in [2.05, 4.69) is 15.3 Å². The fourth-order valence-electron chi connectivity index (χ4n) is 2.86. The molecule has 0 bridgehead atoms. The molecule has 1 fully saturated rings. The van der Waals surface area contributed by atoms with Crippen LogP contribution in [0.1, 0.15) is 22.5 Å². The number of aromatic hydroxyl groups is 1. The lowest BCUT2D eigenvalue weighted by Gasteiger charge is -2.18. The molecule has 1 saturated heterocycles. The van der Waals surface area contributed by atoms with E-state index >= 15 is 0 Å². The molecule has 0 saturated carbocycles. The number of rotatable bonds is 5. The minimum atomic E-state index is -0.320. The first-order valence-corrected chi connectivity index (χ1v) is 8.00. The summed E-state index contributed by atoms with van der Waals surface area (Å²) in [4.78, 5) is 33.0. The molecule has 25 heavy (non-hydrogen) atoms. The molecule has 0 aliphatic carbocycles. The Hall–Kier alpha value is -2.87. The van der Waals surface area contributed by atoms with Crippen molar-refractivity contribution in [3.63, 3.8) is 0 Å². The van der Waals surface area contributed by atoms with E-state index in [0.29, 0.717) is 24.7 Å². The van der Waals surface area contributed by atoms with Gasteiger partial charge in [-0.15, -0.1) is 0 Å². The van der Waals surface area contributed by atoms with Gasteiger partial charge in [-0.3, -0.25) is 14.6 Å². The van der Waals surface area contributed by atoms with E-state index in [4.69, 9.17) is 4.74 Å². The van der Waals surface area contributed by atoms with Gasteiger partial charge in [0.1, 0.15) is 5.75 Å². The number of amides is 1. The van der Waals surface area contributed by atoms with Crippen LogP contribution in [0.15, 0.2) is 35.1 Å². The number of benzene rings is 1. The average molecular weight is 344 g/mol. The van der Waals surface area contributed by atoms with Crippen LogP contribution in [-0.4, -0.2) is 47.2 Å². The van der Waals surface area contributed by atoms with Gasteiger partial charge in [0.25, 0.3) is 11.5 Å². The van der Waals surface area contributed by atoms with Gasteiger partial charge in [0.05, 0.1) is 17.9 Å². The molecule has 3 N–H and O–H groups in total. The van der Waals surface area contributed by atoms with Gasteiger partial charge in [0, 0.05) is 32.3 Å². The van der Waals surface area contributed by atoms with Crippen molar-refractivity contribution in [2.24, 2.45) is 0 Å². The molecule has 0 radical (unpaired) electrons. The third kappa shape index (κ3) is 3.97. The molecule has 1 unspecified atom stereocenters. The number of carbonyl (C=O) groups is 1. The zero-order valence-corrected chi connectivity index (χ0v) is 13.9. The largest absolute Gasteiger partial charge is 0.507 e. The van der Waals surface area contributed by atoms with Crippen LogP contribution in [0.3, 0.4) is 0 Å². The summed E-state index contributed by atoms with van der Waals surface area (Å²) in [6, 6.07) is 7.73. The molecule has 1 aliphatic rings. The van der Waals surface area contributed by atoms with Crippen molar-refractivity contribution < 1.29 is 14.6 Å². The van der Waals surface area contributed by atoms with Crippen molar-refractivity contribution in [1.29, 1.82) is 0 Å². The fraction of sp³-hybridized carbons (Fsp3) is 0.353. The van der Waals surface area contributed by atoms with Crippen molar-refractivity contribution in [2.75, 3.05) is 25.1 Å². The average Bonchev–Trinajstić information content (AvgIpc) is 3.03. The highest BCUT2D eigenvalue weighted by Crippen LogP contribution is 2.18. The summed E-state index contributed by atoms with van der Waals surface area (Å²) in [5.74, 6) is 0.103. The van der Waals surface area contributed by atoms with Gasteiger partial charge in [-0.1, -0.05) is 12.1 Å². The standard InChI is InChI=1S/C17H20N4O4/c1-25-10-12-8-15(23)20-17(19-12)21-7-6-11(9-21)18-16(24)13-4-2-3-5-14(13)22/h2-5,8,11,22H,6-7,9-10H2,1H3,(H,18,24)(H,19,20,23). The zero-order chi connectivity index (χ0) is 17.8. The molecule has 1 atom stereocenters. The summed E-state index contributed by atoms with van der Waals surface area (Å²) in [7, 11) is 1.54. The van der Waals surface area contributed by atoms with E-state index < -0.39 is 0 Å². The van der Waals surface area contributed by atoms with E-state index in [9.17, 15) is 14.7 Å². The van der Waals surface area contributed by atoms with E-state index in [1.807, 2.05) is 4.90 Å². The third-order valence-corrected chi connectivity index (χ3v) is 4.05. The third-order valence-electron chi connectivity index (χ3n) is 4.05. The first-order chi connectivity index (χ1) is 12.1. The van der Waals surface area contributed by atoms with Gasteiger partial charge >= 0.3 is 0 Å². The van der Waals surface area contributed by atoms with Gasteiger partial charge in [-0.05, 0) is 18.6 Å². The maximum Gasteiger partial charge on any atom is 0.255 e. The number of H-pyrrole nitrogens is 1. The summed E-state index contributed by atoms with van der Waals surface area (Å²) in [5.41, 5.74) is 0.566. The molecule has 0 spiro atoms. The molecule has 8 nitrogen and oxygen atoms in total. The maximum absolute atomic E-state index is 12.3. The van der Waals surface area contributed by atoms with Gasteiger partial charge < -0.3 is 20.1 Å². The minimum absolute atomic E-state index is 0.0480. The number of phenols is 1. The van der Waals surface area contributed by atoms with Crippen LogP contribution in [0, 0.1) is 0 Å². The lowest BCUT2D eigenvalue weighted by atomic mass is 10.1. The molecule has 1 aromatic heterocycles. The van der Waals surface area contributed by atoms with Crippen LogP contribution < -0.4 is 15.8 Å². The Bertz CT molecular complexity index is 820. The van der Waals surface area contributed by atoms with E-state index in [1.165, 1.54) is 12.1 Å². The van der Waals surface area contributed by atoms with Gasteiger partial charge in [0.2, 0.25) is 5.95 Å². The van der Waals surface area contributed by atoms with E-state index in [1.54, 1.807) is 25.3 Å². The highest BCUT2D eigenvalue weighted by atomic mass is 16.5. The monoisotopic (exact) mass is 344 g/mol. The zero-order valence-electron chi connectivity index (χ0n) is 13.9. The number of ether oxygens (including phenoxy) is 1. The maximum atomic E-state index is 12.3. The Kier molecular flexibility index (Phi) is 4.99. The van der Waals surface area contributed by atoms with Crippen molar-refractivity contribution >= 4 is 11.9 Å². The minimum Gasteiger partial charge on any atom is -0.507 e. The smallest absolute Gasteiger partial charge is 0.255 e. The number of phenolic OH excluding ortho intramolecular Hbond substituents is 1. The molecule has 132 valence electrons. The summed E-state index contributed by atoms with van der Waals surface area (Å²) < 4.78 is 5.02. The molecule has 1 aliphatic heterocycles. The van der Waals surface area contributed by atoms with Crippen molar-refractivity contribution in [2.45, 2.75) is 19.1 Å². The number of aromatic nitrogens is 2. The van der Waals surface area contributed by atoms with E-state index in [-0.39, 0.29) is 35.4 Å². The number of anilines is 1. The van der Waals surface area contributed by atoms with E-state index in [0.717, 1.165) is 6.42 Å². The SMILES string of the molecule is COCc1cc(=O)[nH]c(N2CCC(NC(=O)c3ccccc3O)C2)n1. The molecular formula is C17H20N4O4. The van der Waals surface area contributed by atoms with Gasteiger partial charge in [-0.2, -0.15) is 0 Å². The number of nitrogens with one attached hydrogen (secondary N) is 2. The lowest BCUT2D eigenvalue weighted by Crippen LogP contribution is -2.37. The highest BCUT2D eigenvalue weighted by Gasteiger charge is 2.26. The number of nitrogens with zero attached hydrogens (tertiary/aromatic N) is 2. The highest BCUT2D eigenvalue weighted by molar-refractivity contribution is 5.97. The Balaban J connectivity index is 1.67. The van der Waals surface area contributed by atoms with Gasteiger partial charge in [-0.25, -0.2) is 4.98 Å². The first-order valence-electron chi connectivity index (χ1n) is 8.00. The first kappa shape index (κ1) is 17.0. The molecule has 2 aromatic rings. The topological polar surface area (TPSA) is 108 Å². The normalized spacial score (nSPS) is 16.8. The molecule has 3 rings (SSSR count). The Morgan fingerprint density at radius 3 is 3.04 bits per heavy atom. The summed E-state index contributed by atoms with van der Waals surface area (Å²) in [6.45, 7) is 1.45. The quantitative estimate of drug-likeness (QED) is 0.734. The molecule has 1 aromatic carbocycles. The lowest BCUT2D eigenvalue weighted by molar-refractivity contribution is 0.0937. The van der Waals surface area contributed by atoms with Crippen LogP contribution in [0.2, 0.25) is 0 Å². The predicted octanol–water partition coefficient (Wildman–Crippen LogP) is 0.631. The second-order valence-electron chi connectivity index (χ2n) is 5.92. The van der Waals surface area contributed by atoms with Crippen LogP contribution in [0.4, 0.5) is 5.95 Å². The number of methoxy groups -OCH3 is 1.